The summed E-state index contributed by atoms with van der Waals surface area (Å²) in [5.41, 5.74) is 0.961. The lowest BCUT2D eigenvalue weighted by molar-refractivity contribution is 0.0946. The molecule has 3 heteroatoms. The molecule has 1 aromatic carbocycles. The number of benzene rings is 1. The highest BCUT2D eigenvalue weighted by Gasteiger charge is 2.28. The minimum Gasteiger partial charge on any atom is -0.294 e. The van der Waals surface area contributed by atoms with Crippen molar-refractivity contribution in [2.75, 3.05) is 0 Å². The van der Waals surface area contributed by atoms with Crippen molar-refractivity contribution in [1.29, 1.82) is 0 Å². The van der Waals surface area contributed by atoms with Gasteiger partial charge in [-0.15, -0.1) is 0 Å². The van der Waals surface area contributed by atoms with E-state index in [0.717, 1.165) is 12.1 Å². The number of rotatable bonds is 0. The minimum atomic E-state index is -0.943. The fourth-order valence-electron chi connectivity index (χ4n) is 1.67. The van der Waals surface area contributed by atoms with Gasteiger partial charge < -0.3 is 0 Å². The Morgan fingerprint density at radius 3 is 2.62 bits per heavy atom. The van der Waals surface area contributed by atoms with Gasteiger partial charge >= 0.3 is 0 Å². The quantitative estimate of drug-likeness (QED) is 0.601. The number of ketones is 1. The highest BCUT2D eigenvalue weighted by molar-refractivity contribution is 6.01. The van der Waals surface area contributed by atoms with E-state index in [0.29, 0.717) is 17.5 Å². The van der Waals surface area contributed by atoms with Gasteiger partial charge in [0.1, 0.15) is 0 Å². The zero-order chi connectivity index (χ0) is 9.59. The summed E-state index contributed by atoms with van der Waals surface area (Å²) in [6.45, 7) is 1.76. The fourth-order valence-corrected chi connectivity index (χ4v) is 1.67. The molecule has 0 N–H and O–H groups in total. The number of carbonyl (C=O) groups excluding carboxylic acids is 1. The number of fused-ring (bicyclic) bond motifs is 1. The standard InChI is InChI=1S/C10H8F2O/c1-5-2-6-3-8(11)9(12)4-7(6)10(5)13/h3-5H,2H2,1H3. The smallest absolute Gasteiger partial charge is 0.166 e. The number of halogens is 2. The van der Waals surface area contributed by atoms with Crippen molar-refractivity contribution in [2.45, 2.75) is 13.3 Å². The molecule has 0 heterocycles. The van der Waals surface area contributed by atoms with E-state index in [-0.39, 0.29) is 11.7 Å². The van der Waals surface area contributed by atoms with E-state index in [4.69, 9.17) is 0 Å². The lowest BCUT2D eigenvalue weighted by atomic mass is 10.1. The first kappa shape index (κ1) is 8.35. The molecule has 0 fully saturated rings. The first-order valence-electron chi connectivity index (χ1n) is 4.11. The Balaban J connectivity index is 2.59. The van der Waals surface area contributed by atoms with Crippen LogP contribution in [0.5, 0.6) is 0 Å². The second-order valence-electron chi connectivity index (χ2n) is 3.39. The van der Waals surface area contributed by atoms with Crippen LogP contribution in [0.1, 0.15) is 22.8 Å². The molecule has 1 aliphatic rings. The van der Waals surface area contributed by atoms with Gasteiger partial charge in [-0.25, -0.2) is 8.78 Å². The summed E-state index contributed by atoms with van der Waals surface area (Å²) in [6, 6.07) is 2.11. The van der Waals surface area contributed by atoms with Gasteiger partial charge in [0.25, 0.3) is 0 Å². The molecule has 0 saturated carbocycles. The first-order valence-corrected chi connectivity index (χ1v) is 4.11. The molecule has 0 bridgehead atoms. The summed E-state index contributed by atoms with van der Waals surface area (Å²) >= 11 is 0. The van der Waals surface area contributed by atoms with E-state index < -0.39 is 11.6 Å². The van der Waals surface area contributed by atoms with Crippen LogP contribution in [0.25, 0.3) is 0 Å². The molecule has 0 amide bonds. The van der Waals surface area contributed by atoms with Gasteiger partial charge in [-0.05, 0) is 24.1 Å². The van der Waals surface area contributed by atoms with E-state index in [1.165, 1.54) is 0 Å². The molecule has 68 valence electrons. The molecule has 2 rings (SSSR count). The van der Waals surface area contributed by atoms with Crippen molar-refractivity contribution in [3.05, 3.63) is 34.9 Å². The number of carbonyl (C=O) groups is 1. The second kappa shape index (κ2) is 2.62. The van der Waals surface area contributed by atoms with Crippen LogP contribution in [0.3, 0.4) is 0 Å². The molecule has 13 heavy (non-hydrogen) atoms. The maximum absolute atomic E-state index is 12.7. The predicted molar refractivity (Wildman–Crippen MR) is 43.6 cm³/mol. The lowest BCUT2D eigenvalue weighted by Gasteiger charge is -1.97. The highest BCUT2D eigenvalue weighted by atomic mass is 19.2. The fraction of sp³-hybridized carbons (Fsp3) is 0.300. The lowest BCUT2D eigenvalue weighted by Crippen LogP contribution is -2.03. The molecule has 1 atom stereocenters. The van der Waals surface area contributed by atoms with Gasteiger partial charge in [0, 0.05) is 11.5 Å². The van der Waals surface area contributed by atoms with E-state index in [2.05, 4.69) is 0 Å². The van der Waals surface area contributed by atoms with Gasteiger partial charge in [0.15, 0.2) is 17.4 Å². The molecule has 1 nitrogen and oxygen atoms in total. The molecule has 0 saturated heterocycles. The number of hydrogen-bond donors (Lipinski definition) is 0. The van der Waals surface area contributed by atoms with Crippen LogP contribution in [0.15, 0.2) is 12.1 Å². The van der Waals surface area contributed by atoms with Gasteiger partial charge in [0.05, 0.1) is 0 Å². The Bertz CT molecular complexity index is 385. The maximum atomic E-state index is 12.7. The van der Waals surface area contributed by atoms with Crippen molar-refractivity contribution in [1.82, 2.24) is 0 Å². The van der Waals surface area contributed by atoms with E-state index in [1.807, 2.05) is 0 Å². The summed E-state index contributed by atoms with van der Waals surface area (Å²) in [5.74, 6) is -2.05. The zero-order valence-electron chi connectivity index (χ0n) is 7.10. The van der Waals surface area contributed by atoms with Crippen LogP contribution < -0.4 is 0 Å². The monoisotopic (exact) mass is 182 g/mol. The van der Waals surface area contributed by atoms with Gasteiger partial charge in [0.2, 0.25) is 0 Å². The predicted octanol–water partition coefficient (Wildman–Crippen LogP) is 2.34. The Kier molecular flexibility index (Phi) is 1.68. The third-order valence-corrected chi connectivity index (χ3v) is 2.39. The Morgan fingerprint density at radius 1 is 1.31 bits per heavy atom. The maximum Gasteiger partial charge on any atom is 0.166 e. The van der Waals surface area contributed by atoms with E-state index >= 15 is 0 Å². The summed E-state index contributed by atoms with van der Waals surface area (Å²) in [5, 5.41) is 0. The SMILES string of the molecule is CC1Cc2cc(F)c(F)cc2C1=O. The Morgan fingerprint density at radius 2 is 1.92 bits per heavy atom. The van der Waals surface area contributed by atoms with Crippen LogP contribution in [0.4, 0.5) is 8.78 Å². The average molecular weight is 182 g/mol. The van der Waals surface area contributed by atoms with E-state index in [9.17, 15) is 13.6 Å². The van der Waals surface area contributed by atoms with Crippen LogP contribution in [-0.2, 0) is 6.42 Å². The first-order chi connectivity index (χ1) is 6.09. The molecule has 1 aromatic rings. The summed E-state index contributed by atoms with van der Waals surface area (Å²) in [4.78, 5) is 11.4. The van der Waals surface area contributed by atoms with Crippen molar-refractivity contribution >= 4 is 5.78 Å². The van der Waals surface area contributed by atoms with Crippen LogP contribution in [-0.4, -0.2) is 5.78 Å². The summed E-state index contributed by atoms with van der Waals surface area (Å²) in [6.07, 6.45) is 0.519. The molecule has 0 radical (unpaired) electrons. The topological polar surface area (TPSA) is 17.1 Å². The molecule has 1 aliphatic carbocycles. The van der Waals surface area contributed by atoms with Crippen molar-refractivity contribution in [2.24, 2.45) is 5.92 Å². The number of hydrogen-bond acceptors (Lipinski definition) is 1. The van der Waals surface area contributed by atoms with Crippen LogP contribution in [0, 0.1) is 17.6 Å². The highest BCUT2D eigenvalue weighted by Crippen LogP contribution is 2.28. The Hall–Kier alpha value is -1.25. The van der Waals surface area contributed by atoms with Gasteiger partial charge in [-0.2, -0.15) is 0 Å². The minimum absolute atomic E-state index is 0.0890. The zero-order valence-corrected chi connectivity index (χ0v) is 7.10. The summed E-state index contributed by atoms with van der Waals surface area (Å²) < 4.78 is 25.5. The normalized spacial score (nSPS) is 20.5. The third kappa shape index (κ3) is 1.15. The number of Topliss-reactive ketones (excluding diaryl/α,β-unsaturated/α-hetero) is 1. The molecule has 0 aliphatic heterocycles. The van der Waals surface area contributed by atoms with Crippen molar-refractivity contribution in [3.63, 3.8) is 0 Å². The largest absolute Gasteiger partial charge is 0.294 e. The van der Waals surface area contributed by atoms with Crippen molar-refractivity contribution < 1.29 is 13.6 Å². The molecule has 0 spiro atoms. The van der Waals surface area contributed by atoms with Gasteiger partial charge in [-0.3, -0.25) is 4.79 Å². The average Bonchev–Trinajstić information content (AvgIpc) is 2.32. The molecule has 1 unspecified atom stereocenters. The molecular weight excluding hydrogens is 174 g/mol. The van der Waals surface area contributed by atoms with Gasteiger partial charge in [-0.1, -0.05) is 6.92 Å². The summed E-state index contributed by atoms with van der Waals surface area (Å²) in [7, 11) is 0. The Labute approximate surface area is 74.4 Å². The third-order valence-electron chi connectivity index (χ3n) is 2.39. The van der Waals surface area contributed by atoms with Crippen molar-refractivity contribution in [3.8, 4) is 0 Å². The molecule has 0 aromatic heterocycles. The van der Waals surface area contributed by atoms with Crippen LogP contribution in [0.2, 0.25) is 0 Å². The second-order valence-corrected chi connectivity index (χ2v) is 3.39. The van der Waals surface area contributed by atoms with Crippen LogP contribution >= 0.6 is 0 Å². The van der Waals surface area contributed by atoms with E-state index in [1.54, 1.807) is 6.92 Å². The molecular formula is C10H8F2O.